The summed E-state index contributed by atoms with van der Waals surface area (Å²) in [7, 11) is -3.90. The Morgan fingerprint density at radius 2 is 1.67 bits per heavy atom. The van der Waals surface area contributed by atoms with Crippen LogP contribution in [0.5, 0.6) is 5.88 Å². The van der Waals surface area contributed by atoms with E-state index in [1.807, 2.05) is 0 Å². The van der Waals surface area contributed by atoms with Crippen molar-refractivity contribution >= 4 is 44.9 Å². The minimum Gasteiger partial charge on any atom is -0.470 e. The number of carbonyl (C=O) groups excluding carboxylic acids is 4. The van der Waals surface area contributed by atoms with Gasteiger partial charge in [0.05, 0.1) is 28.7 Å². The second-order valence-corrected chi connectivity index (χ2v) is 16.5. The number of aromatic nitrogens is 2. The maximum Gasteiger partial charge on any atom is 0.408 e. The fourth-order valence-corrected chi connectivity index (χ4v) is 8.72. The molecule has 1 aromatic carbocycles. The van der Waals surface area contributed by atoms with Gasteiger partial charge in [0.15, 0.2) is 6.61 Å². The van der Waals surface area contributed by atoms with Gasteiger partial charge < -0.3 is 25.0 Å². The van der Waals surface area contributed by atoms with Gasteiger partial charge in [-0.05, 0) is 56.2 Å². The van der Waals surface area contributed by atoms with Crippen LogP contribution >= 0.6 is 0 Å². The molecule has 1 aromatic heterocycles. The summed E-state index contributed by atoms with van der Waals surface area (Å²) >= 11 is 0. The van der Waals surface area contributed by atoms with Crippen molar-refractivity contribution in [2.45, 2.75) is 99.5 Å². The molecule has 4 heterocycles. The lowest BCUT2D eigenvalue weighted by Gasteiger charge is -2.25. The van der Waals surface area contributed by atoms with Crippen molar-refractivity contribution in [2.24, 2.45) is 11.8 Å². The number of ether oxygens (including phenoxy) is 2. The van der Waals surface area contributed by atoms with Crippen molar-refractivity contribution in [1.82, 2.24) is 30.2 Å². The molecule has 4 bridgehead atoms. The van der Waals surface area contributed by atoms with E-state index in [0.29, 0.717) is 49.2 Å². The average molecular weight is 745 g/mol. The number of alkyl carbamates (subject to hydrolysis) is 1. The van der Waals surface area contributed by atoms with Crippen LogP contribution in [0.3, 0.4) is 0 Å². The van der Waals surface area contributed by atoms with Gasteiger partial charge in [-0.25, -0.2) is 23.2 Å². The number of cyclic esters (lactones) is 1. The number of hydrogen-bond acceptors (Lipinski definition) is 10. The van der Waals surface area contributed by atoms with Crippen LogP contribution in [0, 0.1) is 11.8 Å². The normalized spacial score (nSPS) is 30.7. The zero-order valence-corrected chi connectivity index (χ0v) is 29.3. The van der Waals surface area contributed by atoms with Crippen molar-refractivity contribution in [3.05, 3.63) is 42.1 Å². The molecule has 2 aliphatic carbocycles. The van der Waals surface area contributed by atoms with Gasteiger partial charge >= 0.3 is 6.09 Å². The summed E-state index contributed by atoms with van der Waals surface area (Å²) in [5.74, 6) is -6.84. The van der Waals surface area contributed by atoms with E-state index in [9.17, 15) is 36.4 Å². The van der Waals surface area contributed by atoms with Crippen molar-refractivity contribution in [3.63, 3.8) is 0 Å². The summed E-state index contributed by atoms with van der Waals surface area (Å²) < 4.78 is 68.7. The molecule has 4 fully saturated rings. The Morgan fingerprint density at radius 3 is 2.42 bits per heavy atom. The predicted octanol–water partition coefficient (Wildman–Crippen LogP) is 2.91. The van der Waals surface area contributed by atoms with Gasteiger partial charge in [0, 0.05) is 13.0 Å². The standard InChI is InChI=1S/C35H42F2N6O8S/c36-34(37)16-8-13-26-30(39-25-11-7-6-10-24(25)38-26)51-28-19-43-18-23(28)29(44)41-35(32(46)42-52(48,49)22-14-15-22)17-21(35)9-4-2-1-3-5-12-27(31(43)45)40-33(47)50-20-34/h6-8,10-11,16,21-23,27-28H,1-5,9,12-15,17-20H2,(H,40,47)(H,41,44)(H,42,46)/b16-8+/t21-,23?,27+,28+,35+/m1/s1. The number of halogens is 2. The first-order chi connectivity index (χ1) is 24.8. The fourth-order valence-electron chi connectivity index (χ4n) is 7.36. The number of amides is 4. The summed E-state index contributed by atoms with van der Waals surface area (Å²) in [6.07, 6.45) is 4.96. The predicted molar refractivity (Wildman–Crippen MR) is 181 cm³/mol. The van der Waals surface area contributed by atoms with Crippen molar-refractivity contribution in [1.29, 1.82) is 0 Å². The van der Waals surface area contributed by atoms with Crippen molar-refractivity contribution in [2.75, 3.05) is 19.7 Å². The molecular formula is C35H42F2N6O8S. The number of fused-ring (bicyclic) bond motifs is 7. The molecule has 52 heavy (non-hydrogen) atoms. The molecule has 280 valence electrons. The SMILES string of the molecule is O=C1N[C@H]2CCCCCCC[C@@H]3C[C@]3(C(=O)NS(=O)(=O)C3CC3)NC(=O)C3CN(C[C@@H]3Oc3nc4ccccc4nc3C/C=C/C(F)(F)CO1)C2=O. The summed E-state index contributed by atoms with van der Waals surface area (Å²) in [5.41, 5.74) is -0.330. The Labute approximate surface area is 299 Å². The van der Waals surface area contributed by atoms with E-state index in [4.69, 9.17) is 9.47 Å². The van der Waals surface area contributed by atoms with Crippen LogP contribution in [0.1, 0.15) is 69.9 Å². The maximum absolute atomic E-state index is 14.8. The summed E-state index contributed by atoms with van der Waals surface area (Å²) in [5, 5.41) is 4.71. The number of nitrogens with zero attached hydrogens (tertiary/aromatic N) is 3. The second kappa shape index (κ2) is 14.2. The van der Waals surface area contributed by atoms with E-state index in [0.717, 1.165) is 19.3 Å². The molecule has 0 radical (unpaired) electrons. The molecule has 14 nitrogen and oxygen atoms in total. The quantitative estimate of drug-likeness (QED) is 0.395. The molecule has 1 unspecified atom stereocenters. The highest BCUT2D eigenvalue weighted by Gasteiger charge is 2.62. The number of allylic oxidation sites excluding steroid dienone is 1. The van der Waals surface area contributed by atoms with E-state index in [-0.39, 0.29) is 49.8 Å². The van der Waals surface area contributed by atoms with Gasteiger partial charge in [-0.3, -0.25) is 19.1 Å². The average Bonchev–Trinajstić information content (AvgIpc) is 4.03. The monoisotopic (exact) mass is 744 g/mol. The fraction of sp³-hybridized carbons (Fsp3) is 0.600. The Kier molecular flexibility index (Phi) is 9.82. The molecule has 4 amide bonds. The molecule has 2 saturated carbocycles. The van der Waals surface area contributed by atoms with Gasteiger partial charge in [-0.1, -0.05) is 50.3 Å². The molecular weight excluding hydrogens is 702 g/mol. The largest absolute Gasteiger partial charge is 0.470 e. The first-order valence-corrected chi connectivity index (χ1v) is 19.5. The lowest BCUT2D eigenvalue weighted by atomic mass is 10.0. The molecule has 5 atom stereocenters. The lowest BCUT2D eigenvalue weighted by Crippen LogP contribution is -2.55. The van der Waals surface area contributed by atoms with E-state index < -0.39 is 75.2 Å². The van der Waals surface area contributed by atoms with Crippen LogP contribution in [-0.4, -0.2) is 95.7 Å². The van der Waals surface area contributed by atoms with Gasteiger partial charge in [0.25, 0.3) is 11.8 Å². The molecule has 3 aliphatic heterocycles. The summed E-state index contributed by atoms with van der Waals surface area (Å²) in [6, 6.07) is 5.77. The number of benzene rings is 1. The first-order valence-electron chi connectivity index (χ1n) is 17.9. The van der Waals surface area contributed by atoms with Crippen LogP contribution < -0.4 is 20.1 Å². The molecule has 5 aliphatic rings. The Balaban J connectivity index is 1.25. The Bertz CT molecular complexity index is 1890. The first kappa shape index (κ1) is 36.0. The molecule has 17 heteroatoms. The molecule has 7 rings (SSSR count). The Hall–Kier alpha value is -4.41. The number of alkyl halides is 2. The third-order valence-electron chi connectivity index (χ3n) is 10.5. The van der Waals surface area contributed by atoms with Crippen LogP contribution in [0.2, 0.25) is 0 Å². The maximum atomic E-state index is 14.8. The highest BCUT2D eigenvalue weighted by atomic mass is 32.2. The van der Waals surface area contributed by atoms with Crippen LogP contribution in [0.15, 0.2) is 36.4 Å². The van der Waals surface area contributed by atoms with Gasteiger partial charge in [0.2, 0.25) is 27.7 Å². The molecule has 3 N–H and O–H groups in total. The third kappa shape index (κ3) is 7.83. The summed E-state index contributed by atoms with van der Waals surface area (Å²) in [4.78, 5) is 65.4. The number of rotatable bonds is 3. The number of nitrogens with one attached hydrogen (secondary N) is 3. The van der Waals surface area contributed by atoms with E-state index >= 15 is 0 Å². The van der Waals surface area contributed by atoms with Crippen molar-refractivity contribution in [3.8, 4) is 5.88 Å². The minimum absolute atomic E-state index is 0.0184. The topological polar surface area (TPSA) is 186 Å². The number of sulfonamides is 1. The zero-order chi connectivity index (χ0) is 36.7. The number of hydrogen-bond donors (Lipinski definition) is 3. The second-order valence-electron chi connectivity index (χ2n) is 14.5. The molecule has 2 aromatic rings. The number of para-hydroxylation sites is 2. The van der Waals surface area contributed by atoms with Crippen LogP contribution in [0.25, 0.3) is 11.0 Å². The van der Waals surface area contributed by atoms with E-state index in [2.05, 4.69) is 25.3 Å². The summed E-state index contributed by atoms with van der Waals surface area (Å²) in [6.45, 7) is -1.53. The Morgan fingerprint density at radius 1 is 0.962 bits per heavy atom. The van der Waals surface area contributed by atoms with E-state index in [1.165, 1.54) is 11.0 Å². The molecule has 2 saturated heterocycles. The third-order valence-corrected chi connectivity index (χ3v) is 12.4. The van der Waals surface area contributed by atoms with Crippen molar-refractivity contribution < 1.29 is 45.9 Å². The van der Waals surface area contributed by atoms with E-state index in [1.54, 1.807) is 24.3 Å². The lowest BCUT2D eigenvalue weighted by molar-refractivity contribution is -0.134. The van der Waals surface area contributed by atoms with Crippen LogP contribution in [-0.2, 0) is 35.6 Å². The van der Waals surface area contributed by atoms with Gasteiger partial charge in [-0.2, -0.15) is 8.78 Å². The smallest absolute Gasteiger partial charge is 0.408 e. The highest BCUT2D eigenvalue weighted by Crippen LogP contribution is 2.48. The highest BCUT2D eigenvalue weighted by molar-refractivity contribution is 7.91. The van der Waals surface area contributed by atoms with Crippen LogP contribution in [0.4, 0.5) is 13.6 Å². The van der Waals surface area contributed by atoms with Gasteiger partial charge in [-0.15, -0.1) is 0 Å². The number of carbonyl (C=O) groups is 4. The van der Waals surface area contributed by atoms with Gasteiger partial charge in [0.1, 0.15) is 23.4 Å². The minimum atomic E-state index is -3.90. The zero-order valence-electron chi connectivity index (χ0n) is 28.5. The molecule has 0 spiro atoms.